The van der Waals surface area contributed by atoms with Crippen molar-refractivity contribution in [1.82, 2.24) is 35.5 Å². The number of carbonyl (C=O) groups is 2. The Labute approximate surface area is 279 Å². The number of aromatic nitrogens is 4. The van der Waals surface area contributed by atoms with Crippen molar-refractivity contribution < 1.29 is 18.7 Å². The maximum absolute atomic E-state index is 15.1. The minimum absolute atomic E-state index is 0.133. The van der Waals surface area contributed by atoms with Crippen LogP contribution in [0, 0.1) is 35.4 Å². The van der Waals surface area contributed by atoms with Crippen LogP contribution in [-0.4, -0.2) is 63.1 Å². The summed E-state index contributed by atoms with van der Waals surface area (Å²) < 4.78 is 19.8. The number of rotatable bonds is 7. The van der Waals surface area contributed by atoms with Crippen molar-refractivity contribution in [1.29, 1.82) is 0 Å². The van der Waals surface area contributed by atoms with E-state index < -0.39 is 12.1 Å². The SMILES string of the molecule is COC(=O)N[C@H](C(=O)N1CCC[C@H]1c1ncc(-c2ccc(C#CC#Cc3cnc(C4CCCN4)[nH]3)c(-c3ccccc3F)c2)[nH]1)C(C)C. The van der Waals surface area contributed by atoms with E-state index in [2.05, 4.69) is 54.3 Å². The predicted octanol–water partition coefficient (Wildman–Crippen LogP) is 5.48. The number of H-pyrrole nitrogens is 2. The fourth-order valence-corrected chi connectivity index (χ4v) is 6.26. The van der Waals surface area contributed by atoms with E-state index in [1.165, 1.54) is 13.2 Å². The standard InChI is InChI=1S/C37H38FN7O3/c1-23(2)33(44-37(47)48-3)36(46)45-19-9-15-32(45)35-41-22-31(43-35)25-17-16-24(28(20-25)27-12-6-7-13-29(27)38)10-4-5-11-26-21-40-34(42-26)30-14-8-18-39-30/h6-7,12-13,16-17,20-23,30,32-33,39H,8-9,14-15,18-19H2,1-3H3,(H,40,42)(H,41,43)(H,44,47)/t30?,32-,33-/m0/s1. The van der Waals surface area contributed by atoms with E-state index in [1.807, 2.05) is 32.0 Å². The van der Waals surface area contributed by atoms with E-state index in [9.17, 15) is 9.59 Å². The van der Waals surface area contributed by atoms with E-state index in [4.69, 9.17) is 4.74 Å². The molecule has 2 saturated heterocycles. The molecule has 4 aromatic rings. The minimum Gasteiger partial charge on any atom is -0.453 e. The van der Waals surface area contributed by atoms with Crippen LogP contribution in [-0.2, 0) is 9.53 Å². The zero-order chi connectivity index (χ0) is 33.6. The van der Waals surface area contributed by atoms with Gasteiger partial charge in [-0.3, -0.25) is 4.79 Å². The van der Waals surface area contributed by atoms with Crippen molar-refractivity contribution in [3.63, 3.8) is 0 Å². The van der Waals surface area contributed by atoms with Crippen molar-refractivity contribution in [2.45, 2.75) is 57.7 Å². The lowest BCUT2D eigenvalue weighted by atomic mass is 9.96. The molecule has 246 valence electrons. The lowest BCUT2D eigenvalue weighted by Crippen LogP contribution is -2.51. The van der Waals surface area contributed by atoms with E-state index in [-0.39, 0.29) is 29.7 Å². The summed E-state index contributed by atoms with van der Waals surface area (Å²) in [6.45, 7) is 5.30. The second-order valence-electron chi connectivity index (χ2n) is 12.3. The van der Waals surface area contributed by atoms with Gasteiger partial charge in [0.25, 0.3) is 0 Å². The normalized spacial score (nSPS) is 17.7. The number of nitrogens with zero attached hydrogens (tertiary/aromatic N) is 3. The lowest BCUT2D eigenvalue weighted by molar-refractivity contribution is -0.135. The molecule has 48 heavy (non-hydrogen) atoms. The summed E-state index contributed by atoms with van der Waals surface area (Å²) in [6, 6.07) is 11.5. The van der Waals surface area contributed by atoms with Gasteiger partial charge in [0.2, 0.25) is 5.91 Å². The third-order valence-corrected chi connectivity index (χ3v) is 8.78. The second kappa shape index (κ2) is 14.6. The minimum atomic E-state index is -0.722. The Balaban J connectivity index is 1.25. The van der Waals surface area contributed by atoms with Crippen LogP contribution in [0.5, 0.6) is 0 Å². The first-order valence-electron chi connectivity index (χ1n) is 16.2. The van der Waals surface area contributed by atoms with Crippen LogP contribution in [0.25, 0.3) is 22.4 Å². The van der Waals surface area contributed by atoms with Crippen molar-refractivity contribution in [2.75, 3.05) is 20.2 Å². The van der Waals surface area contributed by atoms with Crippen LogP contribution in [0.4, 0.5) is 9.18 Å². The highest BCUT2D eigenvalue weighted by Gasteiger charge is 2.37. The summed E-state index contributed by atoms with van der Waals surface area (Å²) in [4.78, 5) is 43.0. The van der Waals surface area contributed by atoms with Gasteiger partial charge in [-0.2, -0.15) is 0 Å². The van der Waals surface area contributed by atoms with Crippen LogP contribution < -0.4 is 10.6 Å². The summed E-state index contributed by atoms with van der Waals surface area (Å²) in [5.74, 6) is 12.8. The van der Waals surface area contributed by atoms with Gasteiger partial charge in [-0.1, -0.05) is 44.0 Å². The number of nitrogens with one attached hydrogen (secondary N) is 4. The van der Waals surface area contributed by atoms with Gasteiger partial charge in [-0.05, 0) is 74.1 Å². The smallest absolute Gasteiger partial charge is 0.407 e. The third-order valence-electron chi connectivity index (χ3n) is 8.78. The molecule has 10 nitrogen and oxygen atoms in total. The topological polar surface area (TPSA) is 128 Å². The number of likely N-dealkylation sites (tertiary alicyclic amines) is 1. The zero-order valence-corrected chi connectivity index (χ0v) is 27.2. The fraction of sp³-hybridized carbons (Fsp3) is 0.351. The molecule has 0 radical (unpaired) electrons. The average Bonchev–Trinajstić information content (AvgIpc) is 3.92. The number of imidazole rings is 2. The molecular formula is C37H38FN7O3. The van der Waals surface area contributed by atoms with Crippen molar-refractivity contribution >= 4 is 12.0 Å². The van der Waals surface area contributed by atoms with Gasteiger partial charge in [0.05, 0.1) is 37.3 Å². The Bertz CT molecular complexity index is 1920. The molecule has 2 fully saturated rings. The first kappa shape index (κ1) is 32.5. The van der Waals surface area contributed by atoms with Crippen LogP contribution in [0.3, 0.4) is 0 Å². The Morgan fingerprint density at radius 3 is 2.58 bits per heavy atom. The fourth-order valence-electron chi connectivity index (χ4n) is 6.26. The predicted molar refractivity (Wildman–Crippen MR) is 180 cm³/mol. The van der Waals surface area contributed by atoms with Gasteiger partial charge in [0.15, 0.2) is 0 Å². The lowest BCUT2D eigenvalue weighted by Gasteiger charge is -2.30. The molecule has 0 aliphatic carbocycles. The number of benzene rings is 2. The van der Waals surface area contributed by atoms with Crippen molar-refractivity contribution in [2.24, 2.45) is 5.92 Å². The Morgan fingerprint density at radius 1 is 1.00 bits per heavy atom. The van der Waals surface area contributed by atoms with Gasteiger partial charge >= 0.3 is 6.09 Å². The summed E-state index contributed by atoms with van der Waals surface area (Å²) >= 11 is 0. The summed E-state index contributed by atoms with van der Waals surface area (Å²) in [5.41, 5.74) is 3.87. The van der Waals surface area contributed by atoms with E-state index in [1.54, 1.807) is 35.5 Å². The van der Waals surface area contributed by atoms with E-state index in [0.29, 0.717) is 34.8 Å². The molecule has 4 heterocycles. The molecule has 2 aromatic heterocycles. The van der Waals surface area contributed by atoms with E-state index >= 15 is 4.39 Å². The van der Waals surface area contributed by atoms with Gasteiger partial charge in [-0.15, -0.1) is 0 Å². The summed E-state index contributed by atoms with van der Waals surface area (Å²) in [6.07, 6.45) is 6.50. The second-order valence-corrected chi connectivity index (χ2v) is 12.3. The molecule has 0 spiro atoms. The zero-order valence-electron chi connectivity index (χ0n) is 27.2. The number of ether oxygens (including phenoxy) is 1. The molecule has 2 aliphatic heterocycles. The average molecular weight is 648 g/mol. The Hall–Kier alpha value is -5.39. The number of aromatic amines is 2. The highest BCUT2D eigenvalue weighted by atomic mass is 19.1. The molecule has 0 saturated carbocycles. The largest absolute Gasteiger partial charge is 0.453 e. The van der Waals surface area contributed by atoms with Crippen LogP contribution >= 0.6 is 0 Å². The summed E-state index contributed by atoms with van der Waals surface area (Å²) in [7, 11) is 1.28. The molecule has 1 unspecified atom stereocenters. The van der Waals surface area contributed by atoms with Crippen molar-refractivity contribution in [3.05, 3.63) is 83.6 Å². The van der Waals surface area contributed by atoms with Gasteiger partial charge in [0, 0.05) is 28.8 Å². The highest BCUT2D eigenvalue weighted by Crippen LogP contribution is 2.34. The quantitative estimate of drug-likeness (QED) is 0.197. The number of carbonyl (C=O) groups excluding carboxylic acids is 2. The van der Waals surface area contributed by atoms with E-state index in [0.717, 1.165) is 49.3 Å². The van der Waals surface area contributed by atoms with Gasteiger partial charge in [-0.25, -0.2) is 19.2 Å². The highest BCUT2D eigenvalue weighted by molar-refractivity contribution is 5.86. The molecule has 2 aromatic carbocycles. The van der Waals surface area contributed by atoms with Crippen LogP contribution in [0.15, 0.2) is 54.9 Å². The van der Waals surface area contributed by atoms with Crippen LogP contribution in [0.2, 0.25) is 0 Å². The molecule has 2 aliphatic rings. The number of methoxy groups -OCH3 is 1. The first-order valence-corrected chi connectivity index (χ1v) is 16.2. The number of halogens is 1. The van der Waals surface area contributed by atoms with Gasteiger partial charge < -0.3 is 30.2 Å². The maximum Gasteiger partial charge on any atom is 0.407 e. The molecule has 3 atom stereocenters. The summed E-state index contributed by atoms with van der Waals surface area (Å²) in [5, 5.41) is 6.09. The molecule has 0 bridgehead atoms. The first-order chi connectivity index (χ1) is 23.3. The van der Waals surface area contributed by atoms with Crippen molar-refractivity contribution in [3.8, 4) is 46.1 Å². The number of alkyl carbamates (subject to hydrolysis) is 1. The number of hydrogen-bond donors (Lipinski definition) is 4. The molecular weight excluding hydrogens is 609 g/mol. The number of hydrogen-bond acceptors (Lipinski definition) is 6. The Morgan fingerprint density at radius 2 is 1.81 bits per heavy atom. The molecule has 2 amide bonds. The maximum atomic E-state index is 15.1. The Kier molecular flexibility index (Phi) is 9.88. The van der Waals surface area contributed by atoms with Crippen LogP contribution in [0.1, 0.15) is 74.5 Å². The third kappa shape index (κ3) is 7.12. The molecule has 4 N–H and O–H groups in total. The molecule has 11 heteroatoms. The number of amides is 2. The van der Waals surface area contributed by atoms with Gasteiger partial charge in [0.1, 0.15) is 29.2 Å². The monoisotopic (exact) mass is 647 g/mol. The molecule has 6 rings (SSSR count).